The molecule has 1 N–H and O–H groups in total. The van der Waals surface area contributed by atoms with E-state index in [-0.39, 0.29) is 5.91 Å². The molecule has 0 atom stereocenters. The van der Waals surface area contributed by atoms with Crippen LogP contribution in [0.3, 0.4) is 0 Å². The van der Waals surface area contributed by atoms with Gasteiger partial charge in [-0.2, -0.15) is 10.2 Å². The Morgan fingerprint density at radius 2 is 1.77 bits per heavy atom. The molecule has 0 aliphatic carbocycles. The van der Waals surface area contributed by atoms with E-state index in [1.54, 1.807) is 10.9 Å². The van der Waals surface area contributed by atoms with Crippen LogP contribution in [0.5, 0.6) is 0 Å². The van der Waals surface area contributed by atoms with E-state index in [0.29, 0.717) is 24.5 Å². The van der Waals surface area contributed by atoms with Crippen LogP contribution in [0.2, 0.25) is 5.02 Å². The number of rotatable bonds is 7. The van der Waals surface area contributed by atoms with Crippen molar-refractivity contribution in [3.63, 3.8) is 0 Å². The van der Waals surface area contributed by atoms with Crippen LogP contribution in [-0.4, -0.2) is 25.5 Å². The normalized spacial score (nSPS) is 10.9. The Morgan fingerprint density at radius 3 is 2.43 bits per heavy atom. The van der Waals surface area contributed by atoms with Gasteiger partial charge >= 0.3 is 0 Å². The molecule has 4 aromatic rings. The third-order valence-electron chi connectivity index (χ3n) is 4.93. The van der Waals surface area contributed by atoms with E-state index in [1.807, 2.05) is 78.5 Å². The number of para-hydroxylation sites is 1. The SMILES string of the molecule is Cc1c(Cl)cnn1CCC(=O)NCc1cn(-c2ccccc2)nc1-c1ccccc1. The lowest BCUT2D eigenvalue weighted by atomic mass is 10.1. The quantitative estimate of drug-likeness (QED) is 0.482. The van der Waals surface area contributed by atoms with Gasteiger partial charge in [0.05, 0.1) is 34.8 Å². The number of carbonyl (C=O) groups excluding carboxylic acids is 1. The molecule has 0 aliphatic rings. The second kappa shape index (κ2) is 8.97. The average Bonchev–Trinajstić information content (AvgIpc) is 3.36. The van der Waals surface area contributed by atoms with Gasteiger partial charge in [0.25, 0.3) is 0 Å². The molecule has 0 fully saturated rings. The minimum atomic E-state index is -0.0486. The van der Waals surface area contributed by atoms with E-state index in [1.165, 1.54) is 0 Å². The lowest BCUT2D eigenvalue weighted by Crippen LogP contribution is -2.24. The zero-order valence-electron chi connectivity index (χ0n) is 16.6. The summed E-state index contributed by atoms with van der Waals surface area (Å²) in [6.07, 6.45) is 3.89. The molecule has 0 spiro atoms. The molecule has 7 heteroatoms. The highest BCUT2D eigenvalue weighted by Gasteiger charge is 2.14. The van der Waals surface area contributed by atoms with Crippen LogP contribution < -0.4 is 5.32 Å². The van der Waals surface area contributed by atoms with Crippen LogP contribution in [-0.2, 0) is 17.9 Å². The van der Waals surface area contributed by atoms with Crippen molar-refractivity contribution in [3.05, 3.63) is 89.3 Å². The molecular formula is C23H22ClN5O. The number of halogens is 1. The number of nitrogens with one attached hydrogen (secondary N) is 1. The first kappa shape index (κ1) is 19.9. The Labute approximate surface area is 180 Å². The number of aromatic nitrogens is 4. The molecule has 2 heterocycles. The number of amides is 1. The summed E-state index contributed by atoms with van der Waals surface area (Å²) in [7, 11) is 0. The molecule has 2 aromatic carbocycles. The van der Waals surface area contributed by atoms with E-state index < -0.39 is 0 Å². The standard InChI is InChI=1S/C23H22ClN5O/c1-17-21(24)15-26-28(17)13-12-22(30)25-14-19-16-29(20-10-6-3-7-11-20)27-23(19)18-8-4-2-5-9-18/h2-11,15-16H,12-14H2,1H3,(H,25,30). The fourth-order valence-electron chi connectivity index (χ4n) is 3.23. The number of nitrogens with zero attached hydrogens (tertiary/aromatic N) is 4. The number of aryl methyl sites for hydroxylation is 1. The van der Waals surface area contributed by atoms with Gasteiger partial charge in [-0.1, -0.05) is 60.1 Å². The van der Waals surface area contributed by atoms with Gasteiger partial charge < -0.3 is 5.32 Å². The molecule has 0 bridgehead atoms. The number of benzene rings is 2. The van der Waals surface area contributed by atoms with Gasteiger partial charge in [-0.15, -0.1) is 0 Å². The fourth-order valence-corrected chi connectivity index (χ4v) is 3.37. The highest BCUT2D eigenvalue weighted by Crippen LogP contribution is 2.23. The molecular weight excluding hydrogens is 398 g/mol. The molecule has 152 valence electrons. The van der Waals surface area contributed by atoms with Gasteiger partial charge in [0.15, 0.2) is 0 Å². The highest BCUT2D eigenvalue weighted by molar-refractivity contribution is 6.31. The zero-order chi connectivity index (χ0) is 20.9. The largest absolute Gasteiger partial charge is 0.352 e. The lowest BCUT2D eigenvalue weighted by molar-refractivity contribution is -0.121. The predicted molar refractivity (Wildman–Crippen MR) is 117 cm³/mol. The summed E-state index contributed by atoms with van der Waals surface area (Å²) in [6.45, 7) is 2.77. The lowest BCUT2D eigenvalue weighted by Gasteiger charge is -2.07. The van der Waals surface area contributed by atoms with Crippen molar-refractivity contribution in [2.24, 2.45) is 0 Å². The summed E-state index contributed by atoms with van der Waals surface area (Å²) in [4.78, 5) is 12.4. The maximum Gasteiger partial charge on any atom is 0.222 e. The van der Waals surface area contributed by atoms with Gasteiger partial charge in [-0.3, -0.25) is 9.48 Å². The molecule has 0 unspecified atom stereocenters. The van der Waals surface area contributed by atoms with E-state index in [0.717, 1.165) is 28.2 Å². The minimum absolute atomic E-state index is 0.0486. The first-order valence-corrected chi connectivity index (χ1v) is 10.1. The van der Waals surface area contributed by atoms with E-state index in [9.17, 15) is 4.79 Å². The van der Waals surface area contributed by atoms with Crippen molar-refractivity contribution < 1.29 is 4.79 Å². The minimum Gasteiger partial charge on any atom is -0.352 e. The highest BCUT2D eigenvalue weighted by atomic mass is 35.5. The van der Waals surface area contributed by atoms with E-state index in [4.69, 9.17) is 16.7 Å². The van der Waals surface area contributed by atoms with Gasteiger partial charge in [0.1, 0.15) is 0 Å². The van der Waals surface area contributed by atoms with Crippen LogP contribution in [0.25, 0.3) is 16.9 Å². The summed E-state index contributed by atoms with van der Waals surface area (Å²) in [5.41, 5.74) is 4.66. The summed E-state index contributed by atoms with van der Waals surface area (Å²) < 4.78 is 3.59. The van der Waals surface area contributed by atoms with Crippen molar-refractivity contribution in [3.8, 4) is 16.9 Å². The maximum atomic E-state index is 12.4. The Kier molecular flexibility index (Phi) is 5.95. The first-order chi connectivity index (χ1) is 14.6. The molecule has 6 nitrogen and oxygen atoms in total. The second-order valence-electron chi connectivity index (χ2n) is 6.98. The van der Waals surface area contributed by atoms with E-state index in [2.05, 4.69) is 10.4 Å². The summed E-state index contributed by atoms with van der Waals surface area (Å²) in [5.74, 6) is -0.0486. The Hall–Kier alpha value is -3.38. The van der Waals surface area contributed by atoms with Crippen LogP contribution in [0.15, 0.2) is 73.1 Å². The van der Waals surface area contributed by atoms with Crippen LogP contribution in [0.1, 0.15) is 17.7 Å². The second-order valence-corrected chi connectivity index (χ2v) is 7.38. The molecule has 0 saturated heterocycles. The molecule has 0 aliphatic heterocycles. The van der Waals surface area contributed by atoms with Gasteiger partial charge in [-0.25, -0.2) is 4.68 Å². The van der Waals surface area contributed by atoms with Crippen LogP contribution in [0, 0.1) is 6.92 Å². The molecule has 0 radical (unpaired) electrons. The van der Waals surface area contributed by atoms with Crippen LogP contribution >= 0.6 is 11.6 Å². The summed E-state index contributed by atoms with van der Waals surface area (Å²) >= 11 is 6.02. The van der Waals surface area contributed by atoms with Crippen molar-refractivity contribution in [2.45, 2.75) is 26.4 Å². The Bertz CT molecular complexity index is 1140. The van der Waals surface area contributed by atoms with Crippen molar-refractivity contribution in [1.82, 2.24) is 24.9 Å². The summed E-state index contributed by atoms with van der Waals surface area (Å²) in [5, 5.41) is 12.6. The third kappa shape index (κ3) is 4.44. The molecule has 2 aromatic heterocycles. The van der Waals surface area contributed by atoms with Crippen LogP contribution in [0.4, 0.5) is 0 Å². The van der Waals surface area contributed by atoms with Gasteiger partial charge in [0, 0.05) is 30.3 Å². The topological polar surface area (TPSA) is 64.7 Å². The molecule has 4 rings (SSSR count). The first-order valence-electron chi connectivity index (χ1n) is 9.76. The van der Waals surface area contributed by atoms with Crippen molar-refractivity contribution >= 4 is 17.5 Å². The van der Waals surface area contributed by atoms with Gasteiger partial charge in [-0.05, 0) is 19.1 Å². The number of hydrogen-bond donors (Lipinski definition) is 1. The number of carbonyl (C=O) groups is 1. The smallest absolute Gasteiger partial charge is 0.222 e. The molecule has 30 heavy (non-hydrogen) atoms. The fraction of sp³-hybridized carbons (Fsp3) is 0.174. The monoisotopic (exact) mass is 419 g/mol. The predicted octanol–water partition coefficient (Wildman–Crippen LogP) is 4.40. The molecule has 0 saturated carbocycles. The maximum absolute atomic E-state index is 12.4. The van der Waals surface area contributed by atoms with Crippen molar-refractivity contribution in [2.75, 3.05) is 0 Å². The third-order valence-corrected chi connectivity index (χ3v) is 5.30. The molecule has 1 amide bonds. The van der Waals surface area contributed by atoms with E-state index >= 15 is 0 Å². The zero-order valence-corrected chi connectivity index (χ0v) is 17.4. The van der Waals surface area contributed by atoms with Crippen molar-refractivity contribution in [1.29, 1.82) is 0 Å². The number of hydrogen-bond acceptors (Lipinski definition) is 3. The Balaban J connectivity index is 1.49. The average molecular weight is 420 g/mol. The Morgan fingerprint density at radius 1 is 1.07 bits per heavy atom. The summed E-state index contributed by atoms with van der Waals surface area (Å²) in [6, 6.07) is 19.9. The van der Waals surface area contributed by atoms with Gasteiger partial charge in [0.2, 0.25) is 5.91 Å².